The molecule has 1 aromatic carbocycles. The second-order valence-corrected chi connectivity index (χ2v) is 9.48. The van der Waals surface area contributed by atoms with Crippen molar-refractivity contribution in [1.82, 2.24) is 9.47 Å². The first kappa shape index (κ1) is 22.3. The van der Waals surface area contributed by atoms with Crippen LogP contribution in [-0.2, 0) is 5.54 Å². The Hall–Kier alpha value is -2.89. The number of nitrogens with zero attached hydrogens (tertiary/aromatic N) is 2. The Kier molecular flexibility index (Phi) is 6.22. The number of anilines is 2. The fourth-order valence-electron chi connectivity index (χ4n) is 4.90. The van der Waals surface area contributed by atoms with Crippen LogP contribution in [0.15, 0.2) is 42.1 Å². The predicted molar refractivity (Wildman–Crippen MR) is 133 cm³/mol. The first-order chi connectivity index (χ1) is 15.4. The maximum atomic E-state index is 12.8. The van der Waals surface area contributed by atoms with Crippen LogP contribution in [0.5, 0.6) is 5.75 Å². The molecular weight excluding hydrogens is 400 g/mol. The van der Waals surface area contributed by atoms with Gasteiger partial charge in [-0.3, -0.25) is 4.79 Å². The quantitative estimate of drug-likeness (QED) is 0.451. The van der Waals surface area contributed by atoms with Gasteiger partial charge in [-0.05, 0) is 56.5 Å². The summed E-state index contributed by atoms with van der Waals surface area (Å²) in [6, 6.07) is 1.66. The molecule has 1 fully saturated rings. The first-order valence-corrected chi connectivity index (χ1v) is 11.8. The number of fused-ring (bicyclic) bond motifs is 1. The number of pyridine rings is 1. The van der Waals surface area contributed by atoms with Crippen LogP contribution in [0, 0.1) is 12.8 Å². The molecular formula is C26H36N4O2. The number of rotatable bonds is 8. The maximum Gasteiger partial charge on any atom is 0.191 e. The zero-order chi connectivity index (χ0) is 22.9. The van der Waals surface area contributed by atoms with Crippen LogP contribution in [-0.4, -0.2) is 29.2 Å². The summed E-state index contributed by atoms with van der Waals surface area (Å²) in [5, 5.41) is 4.17. The summed E-state index contributed by atoms with van der Waals surface area (Å²) < 4.78 is 8.61. The zero-order valence-electron chi connectivity index (χ0n) is 19.6. The summed E-state index contributed by atoms with van der Waals surface area (Å²) in [4.78, 5) is 14.9. The molecule has 3 N–H and O–H groups in total. The van der Waals surface area contributed by atoms with E-state index in [1.165, 1.54) is 6.42 Å². The van der Waals surface area contributed by atoms with Gasteiger partial charge in [0, 0.05) is 37.3 Å². The third-order valence-electron chi connectivity index (χ3n) is 6.99. The molecule has 1 saturated carbocycles. The van der Waals surface area contributed by atoms with E-state index in [1.807, 2.05) is 19.3 Å². The smallest absolute Gasteiger partial charge is 0.191 e. The fourth-order valence-corrected chi connectivity index (χ4v) is 4.90. The van der Waals surface area contributed by atoms with Gasteiger partial charge >= 0.3 is 0 Å². The van der Waals surface area contributed by atoms with Crippen LogP contribution in [0.25, 0.3) is 10.9 Å². The van der Waals surface area contributed by atoms with Gasteiger partial charge in [0.05, 0.1) is 28.9 Å². The summed E-state index contributed by atoms with van der Waals surface area (Å²) in [6.07, 6.45) is 13.4. The minimum atomic E-state index is -0.0387. The molecule has 1 aliphatic carbocycles. The van der Waals surface area contributed by atoms with Gasteiger partial charge in [-0.25, -0.2) is 0 Å². The molecule has 6 nitrogen and oxygen atoms in total. The number of hydrogen-bond acceptors (Lipinski definition) is 5. The second kappa shape index (κ2) is 8.93. The molecule has 2 aromatic rings. The third kappa shape index (κ3) is 3.87. The lowest BCUT2D eigenvalue weighted by atomic mass is 9.74. The third-order valence-corrected chi connectivity index (χ3v) is 6.99. The van der Waals surface area contributed by atoms with Crippen molar-refractivity contribution < 1.29 is 4.74 Å². The van der Waals surface area contributed by atoms with Crippen LogP contribution in [0.3, 0.4) is 0 Å². The van der Waals surface area contributed by atoms with E-state index in [1.54, 1.807) is 6.07 Å². The number of ether oxygens (including phenoxy) is 1. The van der Waals surface area contributed by atoms with E-state index < -0.39 is 0 Å². The molecule has 1 aliphatic heterocycles. The Morgan fingerprint density at radius 2 is 2.16 bits per heavy atom. The van der Waals surface area contributed by atoms with Crippen molar-refractivity contribution >= 4 is 22.3 Å². The van der Waals surface area contributed by atoms with Crippen LogP contribution < -0.4 is 21.2 Å². The van der Waals surface area contributed by atoms with Crippen LogP contribution >= 0.6 is 0 Å². The Morgan fingerprint density at radius 3 is 2.81 bits per heavy atom. The average Bonchev–Trinajstić information content (AvgIpc) is 2.91. The molecule has 0 atom stereocenters. The molecule has 4 rings (SSSR count). The van der Waals surface area contributed by atoms with Gasteiger partial charge in [-0.15, -0.1) is 0 Å². The highest BCUT2D eigenvalue weighted by Gasteiger charge is 2.41. The van der Waals surface area contributed by atoms with E-state index in [0.29, 0.717) is 23.6 Å². The van der Waals surface area contributed by atoms with Gasteiger partial charge in [0.25, 0.3) is 0 Å². The Bertz CT molecular complexity index is 1100. The summed E-state index contributed by atoms with van der Waals surface area (Å²) >= 11 is 0. The van der Waals surface area contributed by atoms with Crippen molar-refractivity contribution in [3.63, 3.8) is 0 Å². The number of nitrogen functional groups attached to an aromatic ring is 1. The monoisotopic (exact) mass is 436 g/mol. The van der Waals surface area contributed by atoms with Crippen LogP contribution in [0.1, 0.15) is 51.5 Å². The van der Waals surface area contributed by atoms with E-state index >= 15 is 0 Å². The van der Waals surface area contributed by atoms with E-state index in [4.69, 9.17) is 10.5 Å². The van der Waals surface area contributed by atoms with E-state index in [0.717, 1.165) is 61.3 Å². The topological polar surface area (TPSA) is 72.5 Å². The predicted octanol–water partition coefficient (Wildman–Crippen LogP) is 4.97. The van der Waals surface area contributed by atoms with E-state index in [2.05, 4.69) is 47.5 Å². The van der Waals surface area contributed by atoms with Crippen molar-refractivity contribution in [2.75, 3.05) is 30.7 Å². The molecule has 0 amide bonds. The Labute approximate surface area is 190 Å². The molecule has 2 aliphatic rings. The molecule has 0 radical (unpaired) electrons. The van der Waals surface area contributed by atoms with Crippen molar-refractivity contribution in [2.24, 2.45) is 5.92 Å². The van der Waals surface area contributed by atoms with Gasteiger partial charge in [-0.1, -0.05) is 26.5 Å². The molecule has 0 saturated heterocycles. The first-order valence-electron chi connectivity index (χ1n) is 11.8. The van der Waals surface area contributed by atoms with Gasteiger partial charge in [0.1, 0.15) is 0 Å². The Morgan fingerprint density at radius 1 is 1.38 bits per heavy atom. The van der Waals surface area contributed by atoms with Gasteiger partial charge in [0.2, 0.25) is 0 Å². The van der Waals surface area contributed by atoms with Crippen molar-refractivity contribution in [3.05, 3.63) is 53.1 Å². The Balaban J connectivity index is 1.65. The molecule has 172 valence electrons. The molecule has 1 aromatic heterocycles. The number of nitrogens with two attached hydrogens (primary N) is 1. The second-order valence-electron chi connectivity index (χ2n) is 9.48. The highest BCUT2D eigenvalue weighted by atomic mass is 16.5. The number of aromatic nitrogens is 1. The summed E-state index contributed by atoms with van der Waals surface area (Å²) in [5.41, 5.74) is 9.74. The molecule has 6 heteroatoms. The van der Waals surface area contributed by atoms with Crippen LogP contribution in [0.4, 0.5) is 11.4 Å². The zero-order valence-corrected chi connectivity index (χ0v) is 19.6. The normalized spacial score (nSPS) is 16.8. The molecule has 0 bridgehead atoms. The van der Waals surface area contributed by atoms with E-state index in [9.17, 15) is 4.79 Å². The SMILES string of the molecule is C=CN(/C=C\C(C)C)CCCNc1c(C)c(N)c2c(=O)ccn3c2c1OCCC31CCC1. The number of allylic oxidation sites excluding steroid dienone is 1. The lowest BCUT2D eigenvalue weighted by Crippen LogP contribution is -2.41. The van der Waals surface area contributed by atoms with Crippen LogP contribution in [0.2, 0.25) is 0 Å². The molecule has 1 spiro atoms. The van der Waals surface area contributed by atoms with Gasteiger partial charge in [-0.2, -0.15) is 0 Å². The summed E-state index contributed by atoms with van der Waals surface area (Å²) in [5.74, 6) is 1.28. The largest absolute Gasteiger partial charge is 0.489 e. The summed E-state index contributed by atoms with van der Waals surface area (Å²) in [7, 11) is 0. The maximum absolute atomic E-state index is 12.8. The highest BCUT2D eigenvalue weighted by Crippen LogP contribution is 2.49. The van der Waals surface area contributed by atoms with E-state index in [-0.39, 0.29) is 11.0 Å². The fraction of sp³-hybridized carbons (Fsp3) is 0.500. The number of nitrogens with one attached hydrogen (secondary N) is 1. The summed E-state index contributed by atoms with van der Waals surface area (Å²) in [6.45, 7) is 12.5. The molecule has 32 heavy (non-hydrogen) atoms. The lowest BCUT2D eigenvalue weighted by Gasteiger charge is -2.43. The number of benzene rings is 1. The molecule has 2 heterocycles. The van der Waals surface area contributed by atoms with Crippen molar-refractivity contribution in [1.29, 1.82) is 0 Å². The molecule has 0 unspecified atom stereocenters. The van der Waals surface area contributed by atoms with Crippen molar-refractivity contribution in [3.8, 4) is 5.75 Å². The standard InChI is InChI=1S/C26H36N4O2/c1-5-29(15-8-18(2)3)14-7-13-28-23-19(4)22(27)21-20(31)9-16-30-24(21)25(23)32-17-12-26(30)10-6-11-26/h5,8-9,15-16,18,28H,1,6-7,10-14,17,27H2,2-4H3/b15-8-. The van der Waals surface area contributed by atoms with Gasteiger partial charge in [0.15, 0.2) is 11.2 Å². The lowest BCUT2D eigenvalue weighted by molar-refractivity contribution is 0.117. The average molecular weight is 437 g/mol. The number of hydrogen-bond donors (Lipinski definition) is 2. The minimum absolute atomic E-state index is 0.0387. The highest BCUT2D eigenvalue weighted by molar-refractivity contribution is 6.02. The minimum Gasteiger partial charge on any atom is -0.489 e. The van der Waals surface area contributed by atoms with Gasteiger partial charge < -0.3 is 25.3 Å². The van der Waals surface area contributed by atoms with Crippen molar-refractivity contribution in [2.45, 2.75) is 58.4 Å².